The summed E-state index contributed by atoms with van der Waals surface area (Å²) in [4.78, 5) is 20.0. The number of aldehydes is 1. The van der Waals surface area contributed by atoms with E-state index in [1.165, 1.54) is 18.1 Å². The van der Waals surface area contributed by atoms with Crippen LogP contribution >= 0.6 is 0 Å². The van der Waals surface area contributed by atoms with Crippen LogP contribution in [0.15, 0.2) is 11.8 Å². The zero-order valence-corrected chi connectivity index (χ0v) is 12.2. The van der Waals surface area contributed by atoms with Gasteiger partial charge in [0.25, 0.3) is 5.92 Å². The molecule has 0 spiro atoms. The molecule has 0 amide bonds. The molecule has 0 atom stereocenters. The highest BCUT2D eigenvalue weighted by Gasteiger charge is 2.25. The van der Waals surface area contributed by atoms with Crippen LogP contribution in [0.5, 0.6) is 0 Å². The van der Waals surface area contributed by atoms with E-state index in [-0.39, 0.29) is 5.82 Å². The molecule has 0 N–H and O–H groups in total. The van der Waals surface area contributed by atoms with E-state index in [1.807, 2.05) is 19.9 Å². The summed E-state index contributed by atoms with van der Waals surface area (Å²) in [5, 5.41) is 0. The number of anilines is 1. The molecule has 110 valence electrons. The highest BCUT2D eigenvalue weighted by atomic mass is 19.3. The fourth-order valence-electron chi connectivity index (χ4n) is 1.72. The predicted octanol–water partition coefficient (Wildman–Crippen LogP) is 3.19. The van der Waals surface area contributed by atoms with Gasteiger partial charge in [0.1, 0.15) is 5.82 Å². The van der Waals surface area contributed by atoms with Crippen molar-refractivity contribution in [2.45, 2.75) is 33.1 Å². The number of carbonyl (C=O) groups excluding carboxylic acids is 1. The zero-order valence-electron chi connectivity index (χ0n) is 12.2. The van der Waals surface area contributed by atoms with E-state index in [0.29, 0.717) is 17.7 Å². The number of halogens is 2. The fourth-order valence-corrected chi connectivity index (χ4v) is 1.72. The van der Waals surface area contributed by atoms with Crippen LogP contribution in [0.25, 0.3) is 6.08 Å². The van der Waals surface area contributed by atoms with Crippen molar-refractivity contribution in [1.82, 2.24) is 9.97 Å². The van der Waals surface area contributed by atoms with E-state index in [1.54, 1.807) is 0 Å². The maximum atomic E-state index is 13.1. The van der Waals surface area contributed by atoms with Crippen molar-refractivity contribution in [3.8, 4) is 0 Å². The summed E-state index contributed by atoms with van der Waals surface area (Å²) >= 11 is 0. The van der Waals surface area contributed by atoms with Crippen molar-refractivity contribution in [1.29, 1.82) is 0 Å². The Kier molecular flexibility index (Phi) is 5.30. The topological polar surface area (TPSA) is 46.1 Å². The molecule has 1 heterocycles. The molecule has 0 saturated heterocycles. The van der Waals surface area contributed by atoms with E-state index in [4.69, 9.17) is 0 Å². The van der Waals surface area contributed by atoms with E-state index in [0.717, 1.165) is 18.9 Å². The van der Waals surface area contributed by atoms with Crippen molar-refractivity contribution in [2.75, 3.05) is 18.5 Å². The van der Waals surface area contributed by atoms with Crippen molar-refractivity contribution >= 4 is 18.2 Å². The SMILES string of the molecule is CC/C(C)=C/c1cnc(C=O)nc1N(C)CC(C)(F)F. The second-order valence-electron chi connectivity index (χ2n) is 4.90. The molecule has 0 saturated carbocycles. The van der Waals surface area contributed by atoms with Gasteiger partial charge >= 0.3 is 0 Å². The molecule has 0 unspecified atom stereocenters. The third-order valence-corrected chi connectivity index (χ3v) is 2.76. The third kappa shape index (κ3) is 4.68. The highest BCUT2D eigenvalue weighted by Crippen LogP contribution is 2.23. The summed E-state index contributed by atoms with van der Waals surface area (Å²) in [6.45, 7) is 4.30. The Labute approximate surface area is 117 Å². The second kappa shape index (κ2) is 6.54. The summed E-state index contributed by atoms with van der Waals surface area (Å²) in [5.41, 5.74) is 1.70. The summed E-state index contributed by atoms with van der Waals surface area (Å²) in [5.74, 6) is -2.53. The van der Waals surface area contributed by atoms with Gasteiger partial charge in [0.2, 0.25) is 0 Å². The van der Waals surface area contributed by atoms with Gasteiger partial charge in [-0.05, 0) is 13.3 Å². The van der Waals surface area contributed by atoms with Gasteiger partial charge in [0, 0.05) is 25.7 Å². The summed E-state index contributed by atoms with van der Waals surface area (Å²) < 4.78 is 26.3. The first kappa shape index (κ1) is 16.2. The zero-order chi connectivity index (χ0) is 15.3. The second-order valence-corrected chi connectivity index (χ2v) is 4.90. The predicted molar refractivity (Wildman–Crippen MR) is 75.3 cm³/mol. The van der Waals surface area contributed by atoms with Crippen LogP contribution in [0.1, 0.15) is 43.4 Å². The number of rotatable bonds is 6. The van der Waals surface area contributed by atoms with E-state index >= 15 is 0 Å². The van der Waals surface area contributed by atoms with Crippen molar-refractivity contribution in [3.63, 3.8) is 0 Å². The molecule has 4 nitrogen and oxygen atoms in total. The lowest BCUT2D eigenvalue weighted by atomic mass is 10.1. The van der Waals surface area contributed by atoms with Crippen LogP contribution in [0.3, 0.4) is 0 Å². The molecule has 1 aromatic rings. The molecular weight excluding hydrogens is 264 g/mol. The molecule has 20 heavy (non-hydrogen) atoms. The van der Waals surface area contributed by atoms with E-state index < -0.39 is 12.5 Å². The molecule has 0 bridgehead atoms. The minimum absolute atomic E-state index is 0.0161. The first-order valence-electron chi connectivity index (χ1n) is 6.35. The highest BCUT2D eigenvalue weighted by molar-refractivity contribution is 5.72. The Morgan fingerprint density at radius 3 is 2.65 bits per heavy atom. The Bertz CT molecular complexity index is 510. The minimum atomic E-state index is -2.85. The normalized spacial score (nSPS) is 12.4. The van der Waals surface area contributed by atoms with Crippen molar-refractivity contribution < 1.29 is 13.6 Å². The molecule has 0 aliphatic heterocycles. The van der Waals surface area contributed by atoms with Crippen LogP contribution < -0.4 is 4.90 Å². The average Bonchev–Trinajstić information content (AvgIpc) is 2.36. The monoisotopic (exact) mass is 283 g/mol. The molecule has 0 aliphatic rings. The molecule has 0 aliphatic carbocycles. The van der Waals surface area contributed by atoms with Gasteiger partial charge in [-0.3, -0.25) is 4.79 Å². The summed E-state index contributed by atoms with van der Waals surface area (Å²) in [6.07, 6.45) is 4.66. The molecule has 1 rings (SSSR count). The lowest BCUT2D eigenvalue weighted by molar-refractivity contribution is 0.0309. The number of hydrogen-bond donors (Lipinski definition) is 0. The lowest BCUT2D eigenvalue weighted by Crippen LogP contribution is -2.33. The lowest BCUT2D eigenvalue weighted by Gasteiger charge is -2.23. The Morgan fingerprint density at radius 1 is 1.50 bits per heavy atom. The first-order chi connectivity index (χ1) is 9.26. The third-order valence-electron chi connectivity index (χ3n) is 2.76. The molecule has 0 aromatic carbocycles. The maximum Gasteiger partial charge on any atom is 0.262 e. The molecule has 1 aromatic heterocycles. The molecule has 0 radical (unpaired) electrons. The maximum absolute atomic E-state index is 13.1. The van der Waals surface area contributed by atoms with Gasteiger partial charge < -0.3 is 4.90 Å². The molecular formula is C14H19F2N3O. The Hall–Kier alpha value is -1.85. The molecule has 6 heteroatoms. The average molecular weight is 283 g/mol. The number of aromatic nitrogens is 2. The van der Waals surface area contributed by atoms with Gasteiger partial charge in [-0.1, -0.05) is 18.6 Å². The van der Waals surface area contributed by atoms with Crippen LogP contribution in [-0.4, -0.2) is 35.8 Å². The minimum Gasteiger partial charge on any atom is -0.353 e. The van der Waals surface area contributed by atoms with Gasteiger partial charge in [0.15, 0.2) is 12.1 Å². The van der Waals surface area contributed by atoms with Crippen LogP contribution in [-0.2, 0) is 0 Å². The number of nitrogens with zero attached hydrogens (tertiary/aromatic N) is 3. The van der Waals surface area contributed by atoms with Crippen LogP contribution in [0, 0.1) is 0 Å². The van der Waals surface area contributed by atoms with Gasteiger partial charge in [-0.25, -0.2) is 18.7 Å². The van der Waals surface area contributed by atoms with E-state index in [9.17, 15) is 13.6 Å². The van der Waals surface area contributed by atoms with Crippen LogP contribution in [0.2, 0.25) is 0 Å². The quantitative estimate of drug-likeness (QED) is 0.752. The standard InChI is InChI=1S/C14H19F2N3O/c1-5-10(2)6-11-7-17-12(8-20)18-13(11)19(4)9-14(3,15)16/h6-8H,5,9H2,1-4H3/b10-6+. The summed E-state index contributed by atoms with van der Waals surface area (Å²) in [7, 11) is 1.52. The Morgan fingerprint density at radius 2 is 2.15 bits per heavy atom. The van der Waals surface area contributed by atoms with Gasteiger partial charge in [-0.15, -0.1) is 0 Å². The Balaban J connectivity index is 3.22. The number of hydrogen-bond acceptors (Lipinski definition) is 4. The van der Waals surface area contributed by atoms with E-state index in [2.05, 4.69) is 9.97 Å². The van der Waals surface area contributed by atoms with Crippen molar-refractivity contribution in [2.24, 2.45) is 0 Å². The fraction of sp³-hybridized carbons (Fsp3) is 0.500. The summed E-state index contributed by atoms with van der Waals surface area (Å²) in [6, 6.07) is 0. The van der Waals surface area contributed by atoms with Crippen LogP contribution in [0.4, 0.5) is 14.6 Å². The number of alkyl halides is 2. The number of carbonyl (C=O) groups is 1. The van der Waals surface area contributed by atoms with Gasteiger partial charge in [0.05, 0.1) is 6.54 Å². The first-order valence-corrected chi connectivity index (χ1v) is 6.35. The number of allylic oxidation sites excluding steroid dienone is 1. The smallest absolute Gasteiger partial charge is 0.262 e. The van der Waals surface area contributed by atoms with Crippen molar-refractivity contribution in [3.05, 3.63) is 23.2 Å². The largest absolute Gasteiger partial charge is 0.353 e. The molecule has 0 fully saturated rings. The van der Waals surface area contributed by atoms with Gasteiger partial charge in [-0.2, -0.15) is 0 Å².